The highest BCUT2D eigenvalue weighted by atomic mass is 32.1. The average molecular weight is 257 g/mol. The molecule has 1 aromatic heterocycles. The molecule has 1 atom stereocenters. The maximum Gasteiger partial charge on any atom is 0.0380 e. The van der Waals surface area contributed by atoms with Gasteiger partial charge in [-0.25, -0.2) is 0 Å². The van der Waals surface area contributed by atoms with Crippen LogP contribution in [0.2, 0.25) is 0 Å². The quantitative estimate of drug-likeness (QED) is 0.870. The van der Waals surface area contributed by atoms with E-state index in [0.717, 1.165) is 6.54 Å². The normalized spacial score (nSPS) is 20.9. The molecule has 0 amide bonds. The Hall–Kier alpha value is -1.12. The van der Waals surface area contributed by atoms with Crippen molar-refractivity contribution < 1.29 is 0 Å². The Kier molecular flexibility index (Phi) is 3.00. The van der Waals surface area contributed by atoms with Crippen LogP contribution >= 0.6 is 11.3 Å². The van der Waals surface area contributed by atoms with E-state index in [1.54, 1.807) is 0 Å². The smallest absolute Gasteiger partial charge is 0.0380 e. The van der Waals surface area contributed by atoms with E-state index in [-0.39, 0.29) is 0 Å². The fraction of sp³-hybridized carbons (Fsp3) is 0.375. The summed E-state index contributed by atoms with van der Waals surface area (Å²) in [6, 6.07) is 13.6. The summed E-state index contributed by atoms with van der Waals surface area (Å²) in [6.07, 6.45) is 1.17. The predicted molar refractivity (Wildman–Crippen MR) is 77.8 cm³/mol. The number of fused-ring (bicyclic) bond motifs is 1. The summed E-state index contributed by atoms with van der Waals surface area (Å²) in [5, 5.41) is 5.88. The number of hydrogen-bond donors (Lipinski definition) is 1. The Morgan fingerprint density at radius 2 is 2.06 bits per heavy atom. The van der Waals surface area contributed by atoms with E-state index in [2.05, 4.69) is 60.9 Å². The van der Waals surface area contributed by atoms with Gasteiger partial charge in [-0.2, -0.15) is 0 Å². The first kappa shape index (κ1) is 11.9. The molecule has 1 aromatic carbocycles. The number of nitrogens with one attached hydrogen (secondary N) is 1. The molecule has 1 unspecified atom stereocenters. The SMILES string of the molecule is CC1(C)Cc2ccccc2C1NCc1cccs1. The Morgan fingerprint density at radius 1 is 1.22 bits per heavy atom. The summed E-state index contributed by atoms with van der Waals surface area (Å²) in [6.45, 7) is 5.69. The van der Waals surface area contributed by atoms with Crippen molar-refractivity contribution in [1.29, 1.82) is 0 Å². The molecule has 0 aliphatic heterocycles. The second-order valence-electron chi connectivity index (χ2n) is 5.76. The van der Waals surface area contributed by atoms with E-state index < -0.39 is 0 Å². The number of rotatable bonds is 3. The fourth-order valence-corrected chi connectivity index (χ4v) is 3.65. The molecule has 0 radical (unpaired) electrons. The lowest BCUT2D eigenvalue weighted by Gasteiger charge is -2.28. The van der Waals surface area contributed by atoms with Gasteiger partial charge in [-0.05, 0) is 34.4 Å². The maximum absolute atomic E-state index is 3.74. The zero-order chi connectivity index (χ0) is 12.6. The summed E-state index contributed by atoms with van der Waals surface area (Å²) >= 11 is 1.83. The molecule has 0 saturated heterocycles. The largest absolute Gasteiger partial charge is 0.305 e. The van der Waals surface area contributed by atoms with Gasteiger partial charge in [-0.15, -0.1) is 11.3 Å². The predicted octanol–water partition coefficient (Wildman–Crippen LogP) is 4.16. The third kappa shape index (κ3) is 2.11. The molecule has 1 aliphatic rings. The van der Waals surface area contributed by atoms with Gasteiger partial charge >= 0.3 is 0 Å². The van der Waals surface area contributed by atoms with E-state index in [1.807, 2.05) is 11.3 Å². The third-order valence-electron chi connectivity index (χ3n) is 3.85. The Bertz CT molecular complexity index is 528. The van der Waals surface area contributed by atoms with Gasteiger partial charge in [-0.1, -0.05) is 44.2 Å². The highest BCUT2D eigenvalue weighted by Crippen LogP contribution is 2.45. The molecule has 1 nitrogen and oxygen atoms in total. The van der Waals surface area contributed by atoms with E-state index in [1.165, 1.54) is 22.4 Å². The van der Waals surface area contributed by atoms with Crippen LogP contribution in [0.15, 0.2) is 41.8 Å². The summed E-state index contributed by atoms with van der Waals surface area (Å²) in [4.78, 5) is 1.41. The van der Waals surface area contributed by atoms with Crippen molar-refractivity contribution in [3.05, 3.63) is 57.8 Å². The lowest BCUT2D eigenvalue weighted by molar-refractivity contribution is 0.268. The van der Waals surface area contributed by atoms with Crippen LogP contribution in [0.5, 0.6) is 0 Å². The first-order chi connectivity index (χ1) is 8.67. The van der Waals surface area contributed by atoms with Crippen LogP contribution in [-0.2, 0) is 13.0 Å². The lowest BCUT2D eigenvalue weighted by Crippen LogP contribution is -2.30. The first-order valence-electron chi connectivity index (χ1n) is 6.50. The monoisotopic (exact) mass is 257 g/mol. The standard InChI is InChI=1S/C16H19NS/c1-16(2)10-12-6-3-4-8-14(12)15(16)17-11-13-7-5-9-18-13/h3-9,15,17H,10-11H2,1-2H3. The van der Waals surface area contributed by atoms with E-state index in [9.17, 15) is 0 Å². The van der Waals surface area contributed by atoms with Gasteiger partial charge in [0.2, 0.25) is 0 Å². The van der Waals surface area contributed by atoms with Crippen LogP contribution in [0.25, 0.3) is 0 Å². The van der Waals surface area contributed by atoms with Crippen LogP contribution in [-0.4, -0.2) is 0 Å². The summed E-state index contributed by atoms with van der Waals surface area (Å²) in [7, 11) is 0. The van der Waals surface area contributed by atoms with Crippen LogP contribution in [0.3, 0.4) is 0 Å². The molecule has 2 heteroatoms. The Labute approximate surface area is 113 Å². The van der Waals surface area contributed by atoms with Gasteiger partial charge in [0.15, 0.2) is 0 Å². The van der Waals surface area contributed by atoms with Crippen LogP contribution in [0.4, 0.5) is 0 Å². The van der Waals surface area contributed by atoms with Crippen LogP contribution in [0, 0.1) is 5.41 Å². The minimum absolute atomic E-state index is 0.306. The molecule has 2 aromatic rings. The molecule has 0 spiro atoms. The molecule has 1 aliphatic carbocycles. The Balaban J connectivity index is 1.81. The van der Waals surface area contributed by atoms with Crippen molar-refractivity contribution in [3.63, 3.8) is 0 Å². The van der Waals surface area contributed by atoms with Crippen molar-refractivity contribution in [2.24, 2.45) is 5.41 Å². The van der Waals surface area contributed by atoms with E-state index in [0.29, 0.717) is 11.5 Å². The minimum Gasteiger partial charge on any atom is -0.305 e. The van der Waals surface area contributed by atoms with Crippen LogP contribution < -0.4 is 5.32 Å². The minimum atomic E-state index is 0.306. The zero-order valence-corrected chi connectivity index (χ0v) is 11.8. The number of benzene rings is 1. The highest BCUT2D eigenvalue weighted by molar-refractivity contribution is 7.09. The summed E-state index contributed by atoms with van der Waals surface area (Å²) in [5.74, 6) is 0. The molecule has 0 saturated carbocycles. The van der Waals surface area contributed by atoms with Crippen molar-refractivity contribution >= 4 is 11.3 Å². The molecular weight excluding hydrogens is 238 g/mol. The van der Waals surface area contributed by atoms with Crippen molar-refractivity contribution in [2.45, 2.75) is 32.9 Å². The first-order valence-corrected chi connectivity index (χ1v) is 7.38. The maximum atomic E-state index is 3.74. The lowest BCUT2D eigenvalue weighted by atomic mass is 9.85. The van der Waals surface area contributed by atoms with Crippen molar-refractivity contribution in [3.8, 4) is 0 Å². The Morgan fingerprint density at radius 3 is 2.83 bits per heavy atom. The van der Waals surface area contributed by atoms with Crippen molar-refractivity contribution in [2.75, 3.05) is 0 Å². The molecule has 18 heavy (non-hydrogen) atoms. The zero-order valence-electron chi connectivity index (χ0n) is 10.9. The molecule has 0 bridgehead atoms. The molecule has 0 fully saturated rings. The van der Waals surface area contributed by atoms with Gasteiger partial charge in [0.25, 0.3) is 0 Å². The van der Waals surface area contributed by atoms with Gasteiger partial charge in [-0.3, -0.25) is 0 Å². The fourth-order valence-electron chi connectivity index (χ4n) is 2.99. The van der Waals surface area contributed by atoms with E-state index >= 15 is 0 Å². The third-order valence-corrected chi connectivity index (χ3v) is 4.73. The molecule has 1 N–H and O–H groups in total. The van der Waals surface area contributed by atoms with Crippen LogP contribution in [0.1, 0.15) is 35.9 Å². The number of thiophene rings is 1. The molecule has 94 valence electrons. The summed E-state index contributed by atoms with van der Waals surface area (Å²) < 4.78 is 0. The van der Waals surface area contributed by atoms with Crippen molar-refractivity contribution in [1.82, 2.24) is 5.32 Å². The summed E-state index contributed by atoms with van der Waals surface area (Å²) in [5.41, 5.74) is 3.30. The van der Waals surface area contributed by atoms with Gasteiger partial charge < -0.3 is 5.32 Å². The molecular formula is C16H19NS. The average Bonchev–Trinajstić information content (AvgIpc) is 2.91. The van der Waals surface area contributed by atoms with Gasteiger partial charge in [0, 0.05) is 17.5 Å². The molecule has 1 heterocycles. The van der Waals surface area contributed by atoms with E-state index in [4.69, 9.17) is 0 Å². The van der Waals surface area contributed by atoms with Gasteiger partial charge in [0.05, 0.1) is 0 Å². The second kappa shape index (κ2) is 4.52. The molecule has 3 rings (SSSR count). The number of hydrogen-bond acceptors (Lipinski definition) is 2. The highest BCUT2D eigenvalue weighted by Gasteiger charge is 2.38. The topological polar surface area (TPSA) is 12.0 Å². The second-order valence-corrected chi connectivity index (χ2v) is 6.79. The van der Waals surface area contributed by atoms with Gasteiger partial charge in [0.1, 0.15) is 0 Å².